The van der Waals surface area contributed by atoms with Gasteiger partial charge < -0.3 is 9.84 Å². The first kappa shape index (κ1) is 16.1. The molecule has 0 amide bonds. The molecule has 130 valence electrons. The van der Waals surface area contributed by atoms with Crippen molar-refractivity contribution >= 4 is 5.78 Å². The van der Waals surface area contributed by atoms with Crippen molar-refractivity contribution in [3.05, 3.63) is 0 Å². The predicted octanol–water partition coefficient (Wildman–Crippen LogP) is 3.59. The average Bonchev–Trinajstić information content (AvgIpc) is 2.84. The second-order valence-electron chi connectivity index (χ2n) is 9.16. The SMILES string of the molecule is COC[C@]12CC[C@H](O)C[C@@H]1CC[C@@H]1[C@@H]2CC[C@]2(C)C(=O)CC[C@@H]12. The van der Waals surface area contributed by atoms with Crippen LogP contribution in [0.2, 0.25) is 0 Å². The first-order valence-electron chi connectivity index (χ1n) is 9.71. The predicted molar refractivity (Wildman–Crippen MR) is 88.9 cm³/mol. The Morgan fingerprint density at radius 2 is 1.96 bits per heavy atom. The van der Waals surface area contributed by atoms with Crippen LogP contribution in [-0.2, 0) is 9.53 Å². The molecule has 0 spiro atoms. The molecule has 4 fully saturated rings. The summed E-state index contributed by atoms with van der Waals surface area (Å²) in [4.78, 5) is 12.5. The molecular formula is C20H32O3. The summed E-state index contributed by atoms with van der Waals surface area (Å²) in [6.07, 6.45) is 9.60. The summed E-state index contributed by atoms with van der Waals surface area (Å²) in [5.41, 5.74) is 0.236. The Morgan fingerprint density at radius 3 is 2.74 bits per heavy atom. The van der Waals surface area contributed by atoms with Gasteiger partial charge >= 0.3 is 0 Å². The van der Waals surface area contributed by atoms with E-state index in [0.717, 1.165) is 45.1 Å². The van der Waals surface area contributed by atoms with E-state index in [1.165, 1.54) is 19.3 Å². The molecule has 0 aliphatic heterocycles. The lowest BCUT2D eigenvalue weighted by Crippen LogP contribution is -2.56. The van der Waals surface area contributed by atoms with Crippen LogP contribution in [0.25, 0.3) is 0 Å². The first-order chi connectivity index (χ1) is 11.0. The van der Waals surface area contributed by atoms with Gasteiger partial charge in [-0.2, -0.15) is 0 Å². The Kier molecular flexibility index (Phi) is 3.88. The highest BCUT2D eigenvalue weighted by molar-refractivity contribution is 5.87. The van der Waals surface area contributed by atoms with Gasteiger partial charge in [0.15, 0.2) is 0 Å². The van der Waals surface area contributed by atoms with E-state index in [0.29, 0.717) is 29.5 Å². The molecule has 0 heterocycles. The van der Waals surface area contributed by atoms with E-state index in [2.05, 4.69) is 6.92 Å². The molecular weight excluding hydrogens is 288 g/mol. The van der Waals surface area contributed by atoms with Gasteiger partial charge in [0, 0.05) is 18.9 Å². The summed E-state index contributed by atoms with van der Waals surface area (Å²) in [6.45, 7) is 3.10. The van der Waals surface area contributed by atoms with E-state index in [-0.39, 0.29) is 16.9 Å². The molecule has 23 heavy (non-hydrogen) atoms. The fourth-order valence-electron chi connectivity index (χ4n) is 7.35. The Hall–Kier alpha value is -0.410. The molecule has 0 aromatic carbocycles. The lowest BCUT2D eigenvalue weighted by Gasteiger charge is -2.60. The first-order valence-corrected chi connectivity index (χ1v) is 9.71. The van der Waals surface area contributed by atoms with Crippen LogP contribution in [0.1, 0.15) is 64.7 Å². The number of methoxy groups -OCH3 is 1. The number of hydrogen-bond acceptors (Lipinski definition) is 3. The molecule has 0 saturated heterocycles. The van der Waals surface area contributed by atoms with Gasteiger partial charge in [0.1, 0.15) is 5.78 Å². The summed E-state index contributed by atoms with van der Waals surface area (Å²) in [5.74, 6) is 3.17. The van der Waals surface area contributed by atoms with Crippen LogP contribution in [0.15, 0.2) is 0 Å². The highest BCUT2D eigenvalue weighted by Gasteiger charge is 2.61. The molecule has 0 bridgehead atoms. The molecule has 0 aromatic rings. The number of fused-ring (bicyclic) bond motifs is 5. The normalized spacial score (nSPS) is 52.7. The van der Waals surface area contributed by atoms with Crippen molar-refractivity contribution in [2.45, 2.75) is 70.8 Å². The topological polar surface area (TPSA) is 46.5 Å². The summed E-state index contributed by atoms with van der Waals surface area (Å²) in [7, 11) is 1.84. The lowest BCUT2D eigenvalue weighted by molar-refractivity contribution is -0.159. The molecule has 4 aliphatic rings. The third-order valence-corrected chi connectivity index (χ3v) is 8.46. The van der Waals surface area contributed by atoms with Crippen LogP contribution < -0.4 is 0 Å². The fraction of sp³-hybridized carbons (Fsp3) is 0.950. The van der Waals surface area contributed by atoms with Crippen LogP contribution in [0.3, 0.4) is 0 Å². The zero-order chi connectivity index (χ0) is 16.2. The molecule has 0 aromatic heterocycles. The van der Waals surface area contributed by atoms with E-state index >= 15 is 0 Å². The maximum Gasteiger partial charge on any atom is 0.139 e. The number of ketones is 1. The van der Waals surface area contributed by atoms with Gasteiger partial charge in [-0.15, -0.1) is 0 Å². The average molecular weight is 320 g/mol. The van der Waals surface area contributed by atoms with E-state index in [1.807, 2.05) is 7.11 Å². The van der Waals surface area contributed by atoms with Crippen molar-refractivity contribution in [2.75, 3.05) is 13.7 Å². The monoisotopic (exact) mass is 320 g/mol. The van der Waals surface area contributed by atoms with E-state index in [1.54, 1.807) is 0 Å². The van der Waals surface area contributed by atoms with Crippen LogP contribution >= 0.6 is 0 Å². The molecule has 0 unspecified atom stereocenters. The summed E-state index contributed by atoms with van der Waals surface area (Å²) in [5, 5.41) is 10.2. The second-order valence-corrected chi connectivity index (χ2v) is 9.16. The molecule has 3 heteroatoms. The highest BCUT2D eigenvalue weighted by atomic mass is 16.5. The molecule has 4 rings (SSSR count). The van der Waals surface area contributed by atoms with Crippen LogP contribution in [0.5, 0.6) is 0 Å². The Labute approximate surface area is 140 Å². The zero-order valence-electron chi connectivity index (χ0n) is 14.7. The second kappa shape index (κ2) is 5.56. The smallest absolute Gasteiger partial charge is 0.139 e. The van der Waals surface area contributed by atoms with Gasteiger partial charge in [-0.1, -0.05) is 6.92 Å². The number of aliphatic hydroxyl groups excluding tert-OH is 1. The maximum atomic E-state index is 12.5. The van der Waals surface area contributed by atoms with Gasteiger partial charge in [-0.25, -0.2) is 0 Å². The van der Waals surface area contributed by atoms with Gasteiger partial charge in [0.05, 0.1) is 12.7 Å². The van der Waals surface area contributed by atoms with Crippen molar-refractivity contribution in [1.29, 1.82) is 0 Å². The molecule has 1 N–H and O–H groups in total. The minimum Gasteiger partial charge on any atom is -0.393 e. The molecule has 3 nitrogen and oxygen atoms in total. The number of Topliss-reactive ketones (excluding diaryl/α,β-unsaturated/α-hetero) is 1. The van der Waals surface area contributed by atoms with Crippen LogP contribution in [-0.4, -0.2) is 30.7 Å². The van der Waals surface area contributed by atoms with Gasteiger partial charge in [-0.05, 0) is 80.5 Å². The third kappa shape index (κ3) is 2.18. The summed E-state index contributed by atoms with van der Waals surface area (Å²) in [6, 6.07) is 0. The van der Waals surface area contributed by atoms with Crippen molar-refractivity contribution in [3.63, 3.8) is 0 Å². The Bertz CT molecular complexity index is 489. The van der Waals surface area contributed by atoms with E-state index in [4.69, 9.17) is 4.74 Å². The zero-order valence-corrected chi connectivity index (χ0v) is 14.7. The van der Waals surface area contributed by atoms with E-state index in [9.17, 15) is 9.90 Å². The van der Waals surface area contributed by atoms with Crippen molar-refractivity contribution in [1.82, 2.24) is 0 Å². The number of carbonyl (C=O) groups is 1. The van der Waals surface area contributed by atoms with Gasteiger partial charge in [0.2, 0.25) is 0 Å². The lowest BCUT2D eigenvalue weighted by atomic mass is 9.45. The molecule has 7 atom stereocenters. The van der Waals surface area contributed by atoms with Crippen molar-refractivity contribution < 1.29 is 14.6 Å². The van der Waals surface area contributed by atoms with Crippen LogP contribution in [0.4, 0.5) is 0 Å². The van der Waals surface area contributed by atoms with Gasteiger partial charge in [-0.3, -0.25) is 4.79 Å². The third-order valence-electron chi connectivity index (χ3n) is 8.46. The number of carbonyl (C=O) groups excluding carboxylic acids is 1. The number of hydrogen-bond donors (Lipinski definition) is 1. The Balaban J connectivity index is 1.66. The summed E-state index contributed by atoms with van der Waals surface area (Å²) >= 11 is 0. The number of aliphatic hydroxyl groups is 1. The Morgan fingerprint density at radius 1 is 1.13 bits per heavy atom. The van der Waals surface area contributed by atoms with E-state index < -0.39 is 0 Å². The van der Waals surface area contributed by atoms with Gasteiger partial charge in [0.25, 0.3) is 0 Å². The van der Waals surface area contributed by atoms with Crippen molar-refractivity contribution in [2.24, 2.45) is 34.5 Å². The van der Waals surface area contributed by atoms with Crippen LogP contribution in [0, 0.1) is 34.5 Å². The maximum absolute atomic E-state index is 12.5. The fourth-order valence-corrected chi connectivity index (χ4v) is 7.35. The highest BCUT2D eigenvalue weighted by Crippen LogP contribution is 2.65. The molecule has 4 aliphatic carbocycles. The molecule has 0 radical (unpaired) electrons. The number of ether oxygens (including phenoxy) is 1. The standard InChI is InChI=1S/C20H32O3/c1-19-9-8-17-15(16(19)5-6-18(19)22)4-3-13-11-14(21)7-10-20(13,17)12-23-2/h13-17,21H,3-12H2,1-2H3/t13-,14-,15-,16-,17-,19-,20+/m0/s1. The number of rotatable bonds is 2. The largest absolute Gasteiger partial charge is 0.393 e. The van der Waals surface area contributed by atoms with Crippen molar-refractivity contribution in [3.8, 4) is 0 Å². The minimum atomic E-state index is -0.108. The molecule has 4 saturated carbocycles. The summed E-state index contributed by atoms with van der Waals surface area (Å²) < 4.78 is 5.73. The quantitative estimate of drug-likeness (QED) is 0.846. The minimum absolute atomic E-state index is 0.0313.